The van der Waals surface area contributed by atoms with Gasteiger partial charge in [-0.2, -0.15) is 0 Å². The second-order valence-electron chi connectivity index (χ2n) is 5.50. The van der Waals surface area contributed by atoms with Gasteiger partial charge in [0.1, 0.15) is 5.75 Å². The molecule has 0 saturated heterocycles. The summed E-state index contributed by atoms with van der Waals surface area (Å²) in [5.41, 5.74) is 2.59. The van der Waals surface area contributed by atoms with Gasteiger partial charge in [0.25, 0.3) is 0 Å². The van der Waals surface area contributed by atoms with Gasteiger partial charge in [0.05, 0.1) is 11.8 Å². The zero-order chi connectivity index (χ0) is 11.8. The molecule has 1 fully saturated rings. The molecule has 2 rings (SSSR count). The average molecular weight is 219 g/mol. The lowest BCUT2D eigenvalue weighted by Gasteiger charge is -2.24. The van der Waals surface area contributed by atoms with Crippen molar-refractivity contribution in [2.75, 3.05) is 12.4 Å². The highest BCUT2D eigenvalue weighted by Gasteiger charge is 2.26. The molecule has 1 aliphatic carbocycles. The molecule has 1 aromatic rings. The Morgan fingerprint density at radius 3 is 2.44 bits per heavy atom. The Bertz CT molecular complexity index is 375. The molecule has 0 bridgehead atoms. The standard InChI is InChI=1S/C14H21NO/c1-14(2,3)11-6-5-7-12(13(11)15-4)16-10-8-9-10/h5-7,10,15H,8-9H2,1-4H3. The van der Waals surface area contributed by atoms with Crippen LogP contribution in [0.2, 0.25) is 0 Å². The van der Waals surface area contributed by atoms with Crippen molar-refractivity contribution in [1.29, 1.82) is 0 Å². The maximum absolute atomic E-state index is 5.92. The fourth-order valence-corrected chi connectivity index (χ4v) is 1.88. The number of hydrogen-bond donors (Lipinski definition) is 1. The highest BCUT2D eigenvalue weighted by Crippen LogP contribution is 2.38. The fraction of sp³-hybridized carbons (Fsp3) is 0.571. The summed E-state index contributed by atoms with van der Waals surface area (Å²) in [7, 11) is 1.96. The first-order valence-electron chi connectivity index (χ1n) is 6.00. The third-order valence-electron chi connectivity index (χ3n) is 2.90. The summed E-state index contributed by atoms with van der Waals surface area (Å²) in [6.07, 6.45) is 2.84. The Morgan fingerprint density at radius 1 is 1.25 bits per heavy atom. The minimum Gasteiger partial charge on any atom is -0.488 e. The summed E-state index contributed by atoms with van der Waals surface area (Å²) >= 11 is 0. The van der Waals surface area contributed by atoms with Crippen molar-refractivity contribution in [2.24, 2.45) is 0 Å². The van der Waals surface area contributed by atoms with E-state index in [2.05, 4.69) is 44.3 Å². The fourth-order valence-electron chi connectivity index (χ4n) is 1.88. The zero-order valence-electron chi connectivity index (χ0n) is 10.6. The molecule has 16 heavy (non-hydrogen) atoms. The van der Waals surface area contributed by atoms with Gasteiger partial charge in [-0.15, -0.1) is 0 Å². The highest BCUT2D eigenvalue weighted by molar-refractivity contribution is 5.64. The first-order chi connectivity index (χ1) is 7.52. The maximum atomic E-state index is 5.92. The van der Waals surface area contributed by atoms with Crippen molar-refractivity contribution in [3.05, 3.63) is 23.8 Å². The first-order valence-corrected chi connectivity index (χ1v) is 6.00. The molecule has 1 N–H and O–H groups in total. The third kappa shape index (κ3) is 2.31. The quantitative estimate of drug-likeness (QED) is 0.839. The van der Waals surface area contributed by atoms with Crippen LogP contribution in [0.4, 0.5) is 5.69 Å². The van der Waals surface area contributed by atoms with Gasteiger partial charge in [0.2, 0.25) is 0 Å². The monoisotopic (exact) mass is 219 g/mol. The Balaban J connectivity index is 2.37. The van der Waals surface area contributed by atoms with Crippen molar-refractivity contribution in [2.45, 2.75) is 45.1 Å². The third-order valence-corrected chi connectivity index (χ3v) is 2.90. The molecule has 0 atom stereocenters. The predicted molar refractivity (Wildman–Crippen MR) is 68.3 cm³/mol. The molecule has 0 aliphatic heterocycles. The van der Waals surface area contributed by atoms with Gasteiger partial charge in [-0.3, -0.25) is 0 Å². The largest absolute Gasteiger partial charge is 0.488 e. The number of rotatable bonds is 3. The SMILES string of the molecule is CNc1c(OC2CC2)cccc1C(C)(C)C. The van der Waals surface area contributed by atoms with E-state index in [4.69, 9.17) is 4.74 Å². The molecule has 1 aliphatic rings. The molecule has 0 unspecified atom stereocenters. The van der Waals surface area contributed by atoms with Gasteiger partial charge < -0.3 is 10.1 Å². The van der Waals surface area contributed by atoms with Crippen LogP contribution >= 0.6 is 0 Å². The predicted octanol–water partition coefficient (Wildman–Crippen LogP) is 3.57. The first kappa shape index (κ1) is 11.3. The average Bonchev–Trinajstić information content (AvgIpc) is 3.00. The number of anilines is 1. The summed E-state index contributed by atoms with van der Waals surface area (Å²) < 4.78 is 5.92. The van der Waals surface area contributed by atoms with Gasteiger partial charge in [-0.1, -0.05) is 32.9 Å². The van der Waals surface area contributed by atoms with Crippen LogP contribution in [0.15, 0.2) is 18.2 Å². The Labute approximate surface area is 98.0 Å². The van der Waals surface area contributed by atoms with Gasteiger partial charge in [-0.25, -0.2) is 0 Å². The molecular weight excluding hydrogens is 198 g/mol. The Morgan fingerprint density at radius 2 is 1.94 bits per heavy atom. The molecule has 0 heterocycles. The second kappa shape index (κ2) is 4.00. The number of hydrogen-bond acceptors (Lipinski definition) is 2. The lowest BCUT2D eigenvalue weighted by Crippen LogP contribution is -2.15. The van der Waals surface area contributed by atoms with Crippen LogP contribution in [-0.4, -0.2) is 13.2 Å². The van der Waals surface area contributed by atoms with E-state index in [1.807, 2.05) is 7.05 Å². The normalized spacial score (nSPS) is 16.0. The van der Waals surface area contributed by atoms with Crippen molar-refractivity contribution < 1.29 is 4.74 Å². The van der Waals surface area contributed by atoms with E-state index < -0.39 is 0 Å². The summed E-state index contributed by atoms with van der Waals surface area (Å²) in [4.78, 5) is 0. The van der Waals surface area contributed by atoms with E-state index in [9.17, 15) is 0 Å². The topological polar surface area (TPSA) is 21.3 Å². The summed E-state index contributed by atoms with van der Waals surface area (Å²) in [5.74, 6) is 0.998. The van der Waals surface area contributed by atoms with Crippen LogP contribution in [0.5, 0.6) is 5.75 Å². The molecule has 0 radical (unpaired) electrons. The molecular formula is C14H21NO. The van der Waals surface area contributed by atoms with E-state index in [1.165, 1.54) is 18.4 Å². The van der Waals surface area contributed by atoms with E-state index >= 15 is 0 Å². The van der Waals surface area contributed by atoms with Crippen molar-refractivity contribution >= 4 is 5.69 Å². The van der Waals surface area contributed by atoms with Crippen LogP contribution in [0.1, 0.15) is 39.2 Å². The van der Waals surface area contributed by atoms with E-state index in [0.717, 1.165) is 11.4 Å². The number of para-hydroxylation sites is 1. The second-order valence-corrected chi connectivity index (χ2v) is 5.50. The number of nitrogens with one attached hydrogen (secondary N) is 1. The highest BCUT2D eigenvalue weighted by atomic mass is 16.5. The van der Waals surface area contributed by atoms with E-state index in [1.54, 1.807) is 0 Å². The maximum Gasteiger partial charge on any atom is 0.143 e. The van der Waals surface area contributed by atoms with E-state index in [0.29, 0.717) is 6.10 Å². The molecule has 1 saturated carbocycles. The van der Waals surface area contributed by atoms with Crippen molar-refractivity contribution in [3.8, 4) is 5.75 Å². The van der Waals surface area contributed by atoms with Crippen LogP contribution in [0, 0.1) is 0 Å². The zero-order valence-corrected chi connectivity index (χ0v) is 10.6. The number of ether oxygens (including phenoxy) is 1. The lowest BCUT2D eigenvalue weighted by atomic mass is 9.85. The molecule has 2 nitrogen and oxygen atoms in total. The summed E-state index contributed by atoms with van der Waals surface area (Å²) in [6, 6.07) is 6.31. The molecule has 2 heteroatoms. The van der Waals surface area contributed by atoms with Crippen LogP contribution in [-0.2, 0) is 5.41 Å². The van der Waals surface area contributed by atoms with Gasteiger partial charge in [-0.05, 0) is 29.9 Å². The van der Waals surface area contributed by atoms with Gasteiger partial charge in [0, 0.05) is 7.05 Å². The van der Waals surface area contributed by atoms with Crippen LogP contribution in [0.25, 0.3) is 0 Å². The lowest BCUT2D eigenvalue weighted by molar-refractivity contribution is 0.304. The van der Waals surface area contributed by atoms with Gasteiger partial charge >= 0.3 is 0 Å². The minimum absolute atomic E-state index is 0.140. The van der Waals surface area contributed by atoms with Crippen molar-refractivity contribution in [3.63, 3.8) is 0 Å². The van der Waals surface area contributed by atoms with Gasteiger partial charge in [0.15, 0.2) is 0 Å². The molecule has 0 spiro atoms. The van der Waals surface area contributed by atoms with Crippen molar-refractivity contribution in [1.82, 2.24) is 0 Å². The minimum atomic E-state index is 0.140. The van der Waals surface area contributed by atoms with Crippen LogP contribution in [0.3, 0.4) is 0 Å². The molecule has 1 aromatic carbocycles. The Kier molecular flexibility index (Phi) is 2.83. The summed E-state index contributed by atoms with van der Waals surface area (Å²) in [5, 5.41) is 3.28. The number of benzene rings is 1. The molecule has 0 aromatic heterocycles. The smallest absolute Gasteiger partial charge is 0.143 e. The van der Waals surface area contributed by atoms with E-state index in [-0.39, 0.29) is 5.41 Å². The van der Waals surface area contributed by atoms with Crippen LogP contribution < -0.4 is 10.1 Å². The Hall–Kier alpha value is -1.18. The molecule has 0 amide bonds. The molecule has 88 valence electrons. The summed E-state index contributed by atoms with van der Waals surface area (Å²) in [6.45, 7) is 6.68.